The molecule has 0 aliphatic carbocycles. The van der Waals surface area contributed by atoms with Crippen molar-refractivity contribution < 1.29 is 9.53 Å². The molecular formula is C8H6BrNO2. The SMILES string of the molecule is O=C1NCc2ccc(Br)cc2O1. The summed E-state index contributed by atoms with van der Waals surface area (Å²) in [7, 11) is 0. The summed E-state index contributed by atoms with van der Waals surface area (Å²) in [6.45, 7) is 0.543. The zero-order chi connectivity index (χ0) is 8.55. The number of amides is 1. The Morgan fingerprint density at radius 3 is 3.17 bits per heavy atom. The third kappa shape index (κ3) is 1.30. The molecule has 0 saturated carbocycles. The number of benzene rings is 1. The molecule has 12 heavy (non-hydrogen) atoms. The van der Waals surface area contributed by atoms with Crippen molar-refractivity contribution >= 4 is 22.0 Å². The lowest BCUT2D eigenvalue weighted by molar-refractivity contribution is 0.194. The van der Waals surface area contributed by atoms with Gasteiger partial charge in [-0.3, -0.25) is 0 Å². The quantitative estimate of drug-likeness (QED) is 0.737. The number of ether oxygens (including phenoxy) is 1. The van der Waals surface area contributed by atoms with Gasteiger partial charge in [0, 0.05) is 16.6 Å². The van der Waals surface area contributed by atoms with E-state index in [0.717, 1.165) is 10.0 Å². The van der Waals surface area contributed by atoms with Crippen molar-refractivity contribution in [1.82, 2.24) is 5.32 Å². The van der Waals surface area contributed by atoms with Crippen LogP contribution in [-0.4, -0.2) is 6.09 Å². The largest absolute Gasteiger partial charge is 0.412 e. The van der Waals surface area contributed by atoms with Crippen LogP contribution in [0.15, 0.2) is 22.7 Å². The lowest BCUT2D eigenvalue weighted by Gasteiger charge is -2.16. The van der Waals surface area contributed by atoms with Gasteiger partial charge in [0.05, 0.1) is 0 Å². The molecule has 1 aromatic rings. The van der Waals surface area contributed by atoms with Crippen LogP contribution < -0.4 is 10.1 Å². The van der Waals surface area contributed by atoms with Crippen LogP contribution in [0, 0.1) is 0 Å². The molecule has 62 valence electrons. The first kappa shape index (κ1) is 7.61. The van der Waals surface area contributed by atoms with E-state index in [1.165, 1.54) is 0 Å². The topological polar surface area (TPSA) is 38.3 Å². The number of rotatable bonds is 0. The molecule has 0 atom stereocenters. The van der Waals surface area contributed by atoms with Crippen molar-refractivity contribution in [1.29, 1.82) is 0 Å². The lowest BCUT2D eigenvalue weighted by Crippen LogP contribution is -2.31. The van der Waals surface area contributed by atoms with Gasteiger partial charge in [-0.05, 0) is 12.1 Å². The summed E-state index contributed by atoms with van der Waals surface area (Å²) in [4.78, 5) is 10.8. The Balaban J connectivity index is 2.44. The fraction of sp³-hybridized carbons (Fsp3) is 0.125. The average molecular weight is 228 g/mol. The van der Waals surface area contributed by atoms with Crippen molar-refractivity contribution in [2.75, 3.05) is 0 Å². The number of carbonyl (C=O) groups excluding carboxylic acids is 1. The number of hydrogen-bond acceptors (Lipinski definition) is 2. The fourth-order valence-electron chi connectivity index (χ4n) is 1.07. The van der Waals surface area contributed by atoms with Gasteiger partial charge in [-0.15, -0.1) is 0 Å². The van der Waals surface area contributed by atoms with E-state index in [4.69, 9.17) is 4.74 Å². The van der Waals surface area contributed by atoms with E-state index in [2.05, 4.69) is 21.2 Å². The Kier molecular flexibility index (Phi) is 1.77. The maximum atomic E-state index is 10.8. The van der Waals surface area contributed by atoms with E-state index >= 15 is 0 Å². The van der Waals surface area contributed by atoms with E-state index in [1.807, 2.05) is 12.1 Å². The van der Waals surface area contributed by atoms with E-state index in [9.17, 15) is 4.79 Å². The molecule has 1 aliphatic rings. The van der Waals surface area contributed by atoms with Gasteiger partial charge in [0.25, 0.3) is 0 Å². The Hall–Kier alpha value is -1.03. The van der Waals surface area contributed by atoms with Gasteiger partial charge < -0.3 is 10.1 Å². The summed E-state index contributed by atoms with van der Waals surface area (Å²) in [5.41, 5.74) is 0.998. The maximum absolute atomic E-state index is 10.8. The van der Waals surface area contributed by atoms with E-state index < -0.39 is 0 Å². The van der Waals surface area contributed by atoms with Crippen molar-refractivity contribution in [2.24, 2.45) is 0 Å². The van der Waals surface area contributed by atoms with E-state index in [0.29, 0.717) is 12.3 Å². The summed E-state index contributed by atoms with van der Waals surface area (Å²) in [6, 6.07) is 5.62. The molecule has 1 amide bonds. The molecule has 0 fully saturated rings. The minimum Gasteiger partial charge on any atom is -0.410 e. The molecule has 0 radical (unpaired) electrons. The van der Waals surface area contributed by atoms with Gasteiger partial charge >= 0.3 is 6.09 Å². The molecule has 0 aromatic heterocycles. The predicted octanol–water partition coefficient (Wildman–Crippen LogP) is 2.05. The standard InChI is InChI=1S/C8H6BrNO2/c9-6-2-1-5-4-10-8(11)12-7(5)3-6/h1-3H,4H2,(H,10,11). The summed E-state index contributed by atoms with van der Waals surface area (Å²) in [5, 5.41) is 2.58. The molecule has 1 aliphatic heterocycles. The second-order valence-corrected chi connectivity index (χ2v) is 3.41. The molecule has 0 spiro atoms. The zero-order valence-corrected chi connectivity index (χ0v) is 7.72. The molecular weight excluding hydrogens is 222 g/mol. The van der Waals surface area contributed by atoms with Gasteiger partial charge in [0.15, 0.2) is 0 Å². The third-order valence-electron chi connectivity index (χ3n) is 1.66. The first-order valence-electron chi connectivity index (χ1n) is 3.50. The van der Waals surface area contributed by atoms with Crippen LogP contribution >= 0.6 is 15.9 Å². The summed E-state index contributed by atoms with van der Waals surface area (Å²) >= 11 is 3.30. The van der Waals surface area contributed by atoms with Gasteiger partial charge in [0.1, 0.15) is 5.75 Å². The van der Waals surface area contributed by atoms with Crippen LogP contribution in [0.25, 0.3) is 0 Å². The highest BCUT2D eigenvalue weighted by molar-refractivity contribution is 9.10. The van der Waals surface area contributed by atoms with E-state index in [-0.39, 0.29) is 6.09 Å². The molecule has 1 aromatic carbocycles. The number of nitrogens with one attached hydrogen (secondary N) is 1. The molecule has 0 unspecified atom stereocenters. The molecule has 0 bridgehead atoms. The highest BCUT2D eigenvalue weighted by Crippen LogP contribution is 2.25. The minimum absolute atomic E-state index is 0.388. The fourth-order valence-corrected chi connectivity index (χ4v) is 1.41. The van der Waals surface area contributed by atoms with Gasteiger partial charge in [-0.25, -0.2) is 4.79 Å². The molecule has 4 heteroatoms. The Morgan fingerprint density at radius 1 is 1.50 bits per heavy atom. The van der Waals surface area contributed by atoms with Crippen LogP contribution in [0.3, 0.4) is 0 Å². The van der Waals surface area contributed by atoms with Gasteiger partial charge in [0.2, 0.25) is 0 Å². The van der Waals surface area contributed by atoms with Crippen LogP contribution in [0.2, 0.25) is 0 Å². The minimum atomic E-state index is -0.388. The average Bonchev–Trinajstić information content (AvgIpc) is 2.03. The van der Waals surface area contributed by atoms with E-state index in [1.54, 1.807) is 6.07 Å². The highest BCUT2D eigenvalue weighted by atomic mass is 79.9. The first-order valence-corrected chi connectivity index (χ1v) is 4.29. The second kappa shape index (κ2) is 2.79. The van der Waals surface area contributed by atoms with Crippen molar-refractivity contribution in [3.05, 3.63) is 28.2 Å². The Bertz CT molecular complexity index is 338. The molecule has 1 N–H and O–H groups in total. The van der Waals surface area contributed by atoms with Gasteiger partial charge in [-0.2, -0.15) is 0 Å². The van der Waals surface area contributed by atoms with Gasteiger partial charge in [-0.1, -0.05) is 22.0 Å². The number of hydrogen-bond donors (Lipinski definition) is 1. The van der Waals surface area contributed by atoms with Crippen LogP contribution in [0.1, 0.15) is 5.56 Å². The Labute approximate surface area is 77.8 Å². The molecule has 0 saturated heterocycles. The zero-order valence-electron chi connectivity index (χ0n) is 6.13. The molecule has 3 nitrogen and oxygen atoms in total. The number of carbonyl (C=O) groups is 1. The second-order valence-electron chi connectivity index (χ2n) is 2.50. The molecule has 1 heterocycles. The van der Waals surface area contributed by atoms with Crippen LogP contribution in [-0.2, 0) is 6.54 Å². The van der Waals surface area contributed by atoms with Crippen LogP contribution in [0.5, 0.6) is 5.75 Å². The van der Waals surface area contributed by atoms with Crippen LogP contribution in [0.4, 0.5) is 4.79 Å². The third-order valence-corrected chi connectivity index (χ3v) is 2.15. The van der Waals surface area contributed by atoms with Crippen molar-refractivity contribution in [3.63, 3.8) is 0 Å². The monoisotopic (exact) mass is 227 g/mol. The number of fused-ring (bicyclic) bond motifs is 1. The van der Waals surface area contributed by atoms with Crippen molar-refractivity contribution in [3.8, 4) is 5.75 Å². The summed E-state index contributed by atoms with van der Waals surface area (Å²) in [5.74, 6) is 0.633. The lowest BCUT2D eigenvalue weighted by atomic mass is 10.2. The normalized spacial score (nSPS) is 14.6. The molecule has 2 rings (SSSR count). The van der Waals surface area contributed by atoms with Crippen molar-refractivity contribution in [2.45, 2.75) is 6.54 Å². The Morgan fingerprint density at radius 2 is 2.33 bits per heavy atom. The first-order chi connectivity index (χ1) is 5.75. The highest BCUT2D eigenvalue weighted by Gasteiger charge is 2.15. The summed E-state index contributed by atoms with van der Waals surface area (Å²) in [6.07, 6.45) is -0.388. The summed E-state index contributed by atoms with van der Waals surface area (Å²) < 4.78 is 5.85. The predicted molar refractivity (Wildman–Crippen MR) is 47.0 cm³/mol. The smallest absolute Gasteiger partial charge is 0.410 e. The maximum Gasteiger partial charge on any atom is 0.412 e. The number of halogens is 1.